The largest absolute Gasteiger partial charge is 0.481 e. The van der Waals surface area contributed by atoms with E-state index >= 15 is 0 Å². The molecule has 0 atom stereocenters. The Labute approximate surface area is 82.9 Å². The highest BCUT2D eigenvalue weighted by molar-refractivity contribution is 5.79. The summed E-state index contributed by atoms with van der Waals surface area (Å²) in [5.74, 6) is -1.06. The average Bonchev–Trinajstić information content (AvgIpc) is 2.11. The van der Waals surface area contributed by atoms with Gasteiger partial charge in [0, 0.05) is 13.0 Å². The highest BCUT2D eigenvalue weighted by atomic mass is 16.4. The van der Waals surface area contributed by atoms with Gasteiger partial charge in [0.15, 0.2) is 0 Å². The lowest BCUT2D eigenvalue weighted by Crippen LogP contribution is -2.26. The van der Waals surface area contributed by atoms with Gasteiger partial charge in [-0.15, -0.1) is 0 Å². The molecular weight excluding hydrogens is 184 g/mol. The predicted octanol–water partition coefficient (Wildman–Crippen LogP) is 0.667. The van der Waals surface area contributed by atoms with Crippen LogP contribution in [-0.2, 0) is 9.59 Å². The minimum atomic E-state index is -0.790. The number of aliphatic carboxylic acids is 1. The molecule has 5 nitrogen and oxygen atoms in total. The number of carbonyl (C=O) groups excluding carboxylic acids is 1. The molecule has 0 aliphatic heterocycles. The first kappa shape index (κ1) is 12.4. The highest BCUT2D eigenvalue weighted by Gasteiger charge is 2.01. The molecule has 0 unspecified atom stereocenters. The molecule has 2 N–H and O–H groups in total. The van der Waals surface area contributed by atoms with E-state index in [0.29, 0.717) is 13.0 Å². The fourth-order valence-corrected chi connectivity index (χ4v) is 0.934. The summed E-state index contributed by atoms with van der Waals surface area (Å²) in [6, 6.07) is 0. The van der Waals surface area contributed by atoms with E-state index in [-0.39, 0.29) is 18.9 Å². The quantitative estimate of drug-likeness (QED) is 0.466. The van der Waals surface area contributed by atoms with Crippen molar-refractivity contribution >= 4 is 11.9 Å². The van der Waals surface area contributed by atoms with E-state index in [2.05, 4.69) is 10.2 Å². The number of hydrogen-bond acceptors (Lipinski definition) is 2. The van der Waals surface area contributed by atoms with Crippen LogP contribution in [0.15, 0.2) is 0 Å². The van der Waals surface area contributed by atoms with Gasteiger partial charge in [-0.3, -0.25) is 9.59 Å². The Morgan fingerprint density at radius 3 is 2.57 bits per heavy atom. The number of nitrogens with one attached hydrogen (secondary N) is 1. The van der Waals surface area contributed by atoms with Gasteiger partial charge >= 0.3 is 5.97 Å². The SMILES string of the molecule is [C-]#[N+]CC(=O)NCCCCCC(=O)O. The van der Waals surface area contributed by atoms with Crippen LogP contribution in [0.3, 0.4) is 0 Å². The van der Waals surface area contributed by atoms with Gasteiger partial charge < -0.3 is 15.3 Å². The van der Waals surface area contributed by atoms with Crippen LogP contribution in [0.25, 0.3) is 4.85 Å². The van der Waals surface area contributed by atoms with Gasteiger partial charge in [0.25, 0.3) is 12.5 Å². The van der Waals surface area contributed by atoms with Gasteiger partial charge in [-0.1, -0.05) is 6.42 Å². The summed E-state index contributed by atoms with van der Waals surface area (Å²) in [6.45, 7) is 6.82. The van der Waals surface area contributed by atoms with Crippen molar-refractivity contribution in [3.8, 4) is 0 Å². The number of carbonyl (C=O) groups is 2. The van der Waals surface area contributed by atoms with Gasteiger partial charge in [-0.2, -0.15) is 0 Å². The molecule has 0 spiro atoms. The minimum Gasteiger partial charge on any atom is -0.481 e. The molecule has 0 radical (unpaired) electrons. The van der Waals surface area contributed by atoms with E-state index in [4.69, 9.17) is 11.7 Å². The highest BCUT2D eigenvalue weighted by Crippen LogP contribution is 1.98. The smallest absolute Gasteiger partial charge is 0.303 e. The molecule has 0 heterocycles. The number of carboxylic acids is 1. The van der Waals surface area contributed by atoms with Crippen LogP contribution in [0.4, 0.5) is 0 Å². The van der Waals surface area contributed by atoms with Gasteiger partial charge in [0.2, 0.25) is 0 Å². The molecule has 14 heavy (non-hydrogen) atoms. The molecule has 5 heteroatoms. The average molecular weight is 198 g/mol. The van der Waals surface area contributed by atoms with Gasteiger partial charge in [0.1, 0.15) is 0 Å². The number of hydrogen-bond donors (Lipinski definition) is 2. The lowest BCUT2D eigenvalue weighted by molar-refractivity contribution is -0.137. The zero-order chi connectivity index (χ0) is 10.8. The zero-order valence-electron chi connectivity index (χ0n) is 7.95. The Balaban J connectivity index is 3.18. The Hall–Kier alpha value is -1.57. The first-order chi connectivity index (χ1) is 6.66. The van der Waals surface area contributed by atoms with Gasteiger partial charge in [-0.05, 0) is 12.8 Å². The maximum atomic E-state index is 10.8. The first-order valence-electron chi connectivity index (χ1n) is 4.48. The Morgan fingerprint density at radius 1 is 1.29 bits per heavy atom. The van der Waals surface area contributed by atoms with Crippen molar-refractivity contribution in [2.24, 2.45) is 0 Å². The summed E-state index contributed by atoms with van der Waals surface area (Å²) in [5.41, 5.74) is 0. The van der Waals surface area contributed by atoms with Crippen LogP contribution < -0.4 is 5.32 Å². The molecule has 0 rings (SSSR count). The fraction of sp³-hybridized carbons (Fsp3) is 0.667. The van der Waals surface area contributed by atoms with E-state index in [1.165, 1.54) is 0 Å². The fourth-order valence-electron chi connectivity index (χ4n) is 0.934. The number of nitrogens with zero attached hydrogens (tertiary/aromatic N) is 1. The number of carboxylic acid groups (broad SMARTS) is 1. The standard InChI is InChI=1S/C9H14N2O3/c1-10-7-8(12)11-6-4-2-3-5-9(13)14/h2-7H2,(H,11,12)(H,13,14). The Kier molecular flexibility index (Phi) is 7.15. The summed E-state index contributed by atoms with van der Waals surface area (Å²) in [7, 11) is 0. The van der Waals surface area contributed by atoms with Crippen LogP contribution in [0.1, 0.15) is 25.7 Å². The second-order valence-corrected chi connectivity index (χ2v) is 2.87. The number of amides is 1. The van der Waals surface area contributed by atoms with E-state index in [9.17, 15) is 9.59 Å². The monoisotopic (exact) mass is 198 g/mol. The molecule has 0 aliphatic rings. The lowest BCUT2D eigenvalue weighted by atomic mass is 10.2. The molecule has 0 saturated heterocycles. The topological polar surface area (TPSA) is 70.8 Å². The van der Waals surface area contributed by atoms with Crippen molar-refractivity contribution in [1.82, 2.24) is 5.32 Å². The zero-order valence-corrected chi connectivity index (χ0v) is 7.95. The second kappa shape index (κ2) is 8.05. The molecule has 0 bridgehead atoms. The summed E-state index contributed by atoms with van der Waals surface area (Å²) in [4.78, 5) is 23.8. The van der Waals surface area contributed by atoms with Gasteiger partial charge in [-0.25, -0.2) is 6.57 Å². The van der Waals surface area contributed by atoms with E-state index in [0.717, 1.165) is 12.8 Å². The van der Waals surface area contributed by atoms with Crippen molar-refractivity contribution in [3.05, 3.63) is 11.4 Å². The molecule has 0 saturated carbocycles. The molecule has 0 aliphatic carbocycles. The molecule has 0 aromatic heterocycles. The van der Waals surface area contributed by atoms with E-state index in [1.54, 1.807) is 0 Å². The van der Waals surface area contributed by atoms with Crippen molar-refractivity contribution in [3.63, 3.8) is 0 Å². The summed E-state index contributed by atoms with van der Waals surface area (Å²) in [5, 5.41) is 10.9. The van der Waals surface area contributed by atoms with E-state index in [1.807, 2.05) is 0 Å². The Bertz CT molecular complexity index is 233. The second-order valence-electron chi connectivity index (χ2n) is 2.87. The van der Waals surface area contributed by atoms with Gasteiger partial charge in [0.05, 0.1) is 0 Å². The molecule has 0 aromatic carbocycles. The molecule has 0 aromatic rings. The third-order valence-corrected chi connectivity index (χ3v) is 1.61. The van der Waals surface area contributed by atoms with Crippen LogP contribution in [-0.4, -0.2) is 30.1 Å². The maximum Gasteiger partial charge on any atom is 0.303 e. The van der Waals surface area contributed by atoms with Crippen LogP contribution in [0, 0.1) is 6.57 Å². The maximum absolute atomic E-state index is 10.8. The minimum absolute atomic E-state index is 0.130. The van der Waals surface area contributed by atoms with Crippen LogP contribution in [0.5, 0.6) is 0 Å². The normalized spacial score (nSPS) is 9.07. The summed E-state index contributed by atoms with van der Waals surface area (Å²) >= 11 is 0. The van der Waals surface area contributed by atoms with Crippen molar-refractivity contribution in [2.45, 2.75) is 25.7 Å². The summed E-state index contributed by atoms with van der Waals surface area (Å²) in [6.07, 6.45) is 2.35. The van der Waals surface area contributed by atoms with Crippen LogP contribution >= 0.6 is 0 Å². The molecule has 0 fully saturated rings. The molecule has 1 amide bonds. The van der Waals surface area contributed by atoms with Crippen molar-refractivity contribution in [2.75, 3.05) is 13.1 Å². The third-order valence-electron chi connectivity index (χ3n) is 1.61. The van der Waals surface area contributed by atoms with Crippen LogP contribution in [0.2, 0.25) is 0 Å². The summed E-state index contributed by atoms with van der Waals surface area (Å²) < 4.78 is 0. The number of unbranched alkanes of at least 4 members (excludes halogenated alkanes) is 2. The Morgan fingerprint density at radius 2 is 2.00 bits per heavy atom. The third kappa shape index (κ3) is 8.53. The first-order valence-corrected chi connectivity index (χ1v) is 4.48. The predicted molar refractivity (Wildman–Crippen MR) is 50.6 cm³/mol. The molecule has 78 valence electrons. The van der Waals surface area contributed by atoms with Crippen molar-refractivity contribution < 1.29 is 14.7 Å². The number of rotatable bonds is 7. The van der Waals surface area contributed by atoms with E-state index < -0.39 is 5.97 Å². The van der Waals surface area contributed by atoms with Crippen molar-refractivity contribution in [1.29, 1.82) is 0 Å². The lowest BCUT2D eigenvalue weighted by Gasteiger charge is -2.00. The molecular formula is C9H14N2O3.